The van der Waals surface area contributed by atoms with Crippen LogP contribution in [-0.4, -0.2) is 29.9 Å². The van der Waals surface area contributed by atoms with Crippen LogP contribution in [0.5, 0.6) is 0 Å². The van der Waals surface area contributed by atoms with E-state index in [0.29, 0.717) is 17.0 Å². The van der Waals surface area contributed by atoms with Gasteiger partial charge in [0.1, 0.15) is 0 Å². The highest BCUT2D eigenvalue weighted by Gasteiger charge is 2.38. The smallest absolute Gasteiger partial charge is 0.336 e. The van der Waals surface area contributed by atoms with Crippen LogP contribution in [0, 0.1) is 21.4 Å². The number of nitrogens with zero attached hydrogens (tertiary/aromatic N) is 3. The van der Waals surface area contributed by atoms with Crippen LogP contribution < -0.4 is 0 Å². The normalized spacial score (nSPS) is 17.6. The number of nitro benzene ring substituents is 1. The Bertz CT molecular complexity index is 817. The highest BCUT2D eigenvalue weighted by atomic mass is 16.6. The Morgan fingerprint density at radius 3 is 2.50 bits per heavy atom. The summed E-state index contributed by atoms with van der Waals surface area (Å²) < 4.78 is 4.86. The molecule has 1 atom stereocenters. The molecule has 0 saturated carbocycles. The largest absolute Gasteiger partial charge is 0.466 e. The van der Waals surface area contributed by atoms with E-state index in [-0.39, 0.29) is 16.8 Å². The number of esters is 1. The molecule has 2 rings (SSSR count). The van der Waals surface area contributed by atoms with Crippen LogP contribution in [0.25, 0.3) is 0 Å². The summed E-state index contributed by atoms with van der Waals surface area (Å²) in [5.74, 6) is -1.44. The molecule has 1 aromatic rings. The van der Waals surface area contributed by atoms with Crippen LogP contribution in [-0.2, 0) is 9.53 Å². The number of hydrogen-bond acceptors (Lipinski definition) is 6. The SMILES string of the molecule is COC(=O)C1=C(C)N(C)C(C)=C(C#N)C1c1ccccc1[N+](=O)[O-]. The second kappa shape index (κ2) is 6.54. The Kier molecular flexibility index (Phi) is 4.69. The number of allylic oxidation sites excluding steroid dienone is 3. The Morgan fingerprint density at radius 2 is 1.96 bits per heavy atom. The minimum absolute atomic E-state index is 0.137. The second-order valence-electron chi connectivity index (χ2n) is 5.41. The summed E-state index contributed by atoms with van der Waals surface area (Å²) in [7, 11) is 2.98. The predicted molar refractivity (Wildman–Crippen MR) is 86.6 cm³/mol. The number of hydrogen-bond donors (Lipinski definition) is 0. The molecule has 0 aliphatic carbocycles. The fourth-order valence-corrected chi connectivity index (χ4v) is 2.90. The Hall–Kier alpha value is -3.14. The molecule has 0 saturated heterocycles. The van der Waals surface area contributed by atoms with Crippen molar-refractivity contribution >= 4 is 11.7 Å². The van der Waals surface area contributed by atoms with Crippen molar-refractivity contribution < 1.29 is 14.5 Å². The summed E-state index contributed by atoms with van der Waals surface area (Å²) in [5, 5.41) is 21.0. The first-order valence-corrected chi connectivity index (χ1v) is 7.22. The lowest BCUT2D eigenvalue weighted by Crippen LogP contribution is -2.30. The van der Waals surface area contributed by atoms with Crippen molar-refractivity contribution in [2.24, 2.45) is 0 Å². The van der Waals surface area contributed by atoms with E-state index in [9.17, 15) is 20.2 Å². The van der Waals surface area contributed by atoms with E-state index in [1.807, 2.05) is 0 Å². The molecule has 1 aliphatic rings. The molecular formula is C17H17N3O4. The third-order valence-electron chi connectivity index (χ3n) is 4.33. The predicted octanol–water partition coefficient (Wildman–Crippen LogP) is 2.87. The van der Waals surface area contributed by atoms with E-state index in [2.05, 4.69) is 6.07 Å². The zero-order valence-corrected chi connectivity index (χ0v) is 13.9. The van der Waals surface area contributed by atoms with Gasteiger partial charge in [-0.2, -0.15) is 5.26 Å². The molecule has 7 heteroatoms. The average Bonchev–Trinajstić information content (AvgIpc) is 2.58. The Balaban J connectivity index is 2.83. The number of carbonyl (C=O) groups is 1. The summed E-state index contributed by atoms with van der Waals surface area (Å²) in [5.41, 5.74) is 1.93. The maximum absolute atomic E-state index is 12.3. The molecule has 1 heterocycles. The van der Waals surface area contributed by atoms with Crippen molar-refractivity contribution in [3.8, 4) is 6.07 Å². The van der Waals surface area contributed by atoms with Crippen LogP contribution >= 0.6 is 0 Å². The number of nitro groups is 1. The minimum Gasteiger partial charge on any atom is -0.466 e. The molecule has 0 N–H and O–H groups in total. The van der Waals surface area contributed by atoms with Gasteiger partial charge in [0, 0.05) is 30.1 Å². The maximum Gasteiger partial charge on any atom is 0.336 e. The molecule has 24 heavy (non-hydrogen) atoms. The number of benzene rings is 1. The number of nitriles is 1. The fourth-order valence-electron chi connectivity index (χ4n) is 2.90. The molecule has 0 fully saturated rings. The van der Waals surface area contributed by atoms with Gasteiger partial charge in [-0.1, -0.05) is 18.2 Å². The van der Waals surface area contributed by atoms with Crippen LogP contribution in [0.4, 0.5) is 5.69 Å². The van der Waals surface area contributed by atoms with E-state index in [1.54, 1.807) is 44.0 Å². The molecule has 0 radical (unpaired) electrons. The second-order valence-corrected chi connectivity index (χ2v) is 5.41. The summed E-state index contributed by atoms with van der Waals surface area (Å²) in [6, 6.07) is 8.23. The first-order valence-electron chi connectivity index (χ1n) is 7.22. The molecule has 1 aromatic carbocycles. The van der Waals surface area contributed by atoms with Crippen molar-refractivity contribution in [1.82, 2.24) is 4.90 Å². The molecule has 0 amide bonds. The maximum atomic E-state index is 12.3. The Labute approximate surface area is 139 Å². The topological polar surface area (TPSA) is 96.5 Å². The number of methoxy groups -OCH3 is 1. The van der Waals surface area contributed by atoms with Gasteiger partial charge in [-0.25, -0.2) is 4.79 Å². The lowest BCUT2D eigenvalue weighted by atomic mass is 9.80. The van der Waals surface area contributed by atoms with Crippen molar-refractivity contribution in [3.63, 3.8) is 0 Å². The first-order chi connectivity index (χ1) is 11.3. The number of carbonyl (C=O) groups excluding carboxylic acids is 1. The number of para-hydroxylation sites is 1. The highest BCUT2D eigenvalue weighted by Crippen LogP contribution is 2.43. The van der Waals surface area contributed by atoms with E-state index >= 15 is 0 Å². The molecule has 1 aliphatic heterocycles. The number of ether oxygens (including phenoxy) is 1. The monoisotopic (exact) mass is 327 g/mol. The van der Waals surface area contributed by atoms with Gasteiger partial charge < -0.3 is 9.64 Å². The van der Waals surface area contributed by atoms with Gasteiger partial charge in [0.2, 0.25) is 0 Å². The van der Waals surface area contributed by atoms with E-state index < -0.39 is 16.8 Å². The van der Waals surface area contributed by atoms with Crippen LogP contribution in [0.3, 0.4) is 0 Å². The summed E-state index contributed by atoms with van der Waals surface area (Å²) in [6.07, 6.45) is 0. The summed E-state index contributed by atoms with van der Waals surface area (Å²) >= 11 is 0. The van der Waals surface area contributed by atoms with Crippen molar-refractivity contribution in [2.75, 3.05) is 14.2 Å². The minimum atomic E-state index is -0.833. The Morgan fingerprint density at radius 1 is 1.33 bits per heavy atom. The van der Waals surface area contributed by atoms with Crippen LogP contribution in [0.15, 0.2) is 46.8 Å². The zero-order chi connectivity index (χ0) is 18.0. The van der Waals surface area contributed by atoms with Crippen molar-refractivity contribution in [1.29, 1.82) is 5.26 Å². The van der Waals surface area contributed by atoms with Crippen LogP contribution in [0.1, 0.15) is 25.3 Å². The molecule has 0 aromatic heterocycles. The third kappa shape index (κ3) is 2.63. The van der Waals surface area contributed by atoms with E-state index in [1.165, 1.54) is 13.2 Å². The third-order valence-corrected chi connectivity index (χ3v) is 4.33. The lowest BCUT2D eigenvalue weighted by Gasteiger charge is -2.33. The van der Waals surface area contributed by atoms with E-state index in [0.717, 1.165) is 0 Å². The molecule has 0 bridgehead atoms. The molecule has 124 valence electrons. The van der Waals surface area contributed by atoms with Crippen LogP contribution in [0.2, 0.25) is 0 Å². The molecule has 0 spiro atoms. The number of rotatable bonds is 3. The van der Waals surface area contributed by atoms with Gasteiger partial charge in [0.25, 0.3) is 5.69 Å². The lowest BCUT2D eigenvalue weighted by molar-refractivity contribution is -0.385. The fraction of sp³-hybridized carbons (Fsp3) is 0.294. The highest BCUT2D eigenvalue weighted by molar-refractivity contribution is 5.93. The van der Waals surface area contributed by atoms with Crippen molar-refractivity contribution in [2.45, 2.75) is 19.8 Å². The molecular weight excluding hydrogens is 310 g/mol. The average molecular weight is 327 g/mol. The summed E-state index contributed by atoms with van der Waals surface area (Å²) in [6.45, 7) is 3.48. The van der Waals surface area contributed by atoms with Gasteiger partial charge >= 0.3 is 5.97 Å². The van der Waals surface area contributed by atoms with Gasteiger partial charge in [-0.15, -0.1) is 0 Å². The van der Waals surface area contributed by atoms with E-state index in [4.69, 9.17) is 4.74 Å². The van der Waals surface area contributed by atoms with Gasteiger partial charge in [-0.05, 0) is 13.8 Å². The van der Waals surface area contributed by atoms with Gasteiger partial charge in [-0.3, -0.25) is 10.1 Å². The zero-order valence-electron chi connectivity index (χ0n) is 13.9. The molecule has 1 unspecified atom stereocenters. The van der Waals surface area contributed by atoms with Gasteiger partial charge in [0.15, 0.2) is 0 Å². The quantitative estimate of drug-likeness (QED) is 0.481. The van der Waals surface area contributed by atoms with Gasteiger partial charge in [0.05, 0.1) is 35.2 Å². The first kappa shape index (κ1) is 17.2. The molecule has 7 nitrogen and oxygen atoms in total. The standard InChI is InChI=1S/C17H17N3O4/c1-10-13(9-18)16(12-7-5-6-8-14(12)20(22)23)15(17(21)24-4)11(2)19(10)3/h5-8,16H,1-4H3. The summed E-state index contributed by atoms with van der Waals surface area (Å²) in [4.78, 5) is 25.0. The van der Waals surface area contributed by atoms with Crippen molar-refractivity contribution in [3.05, 3.63) is 62.5 Å².